The molecule has 3 aromatic carbocycles. The number of aromatic hydroxyl groups is 1. The van der Waals surface area contributed by atoms with E-state index in [1.54, 1.807) is 12.1 Å². The van der Waals surface area contributed by atoms with Crippen LogP contribution in [0.2, 0.25) is 0 Å². The van der Waals surface area contributed by atoms with E-state index in [2.05, 4.69) is 11.4 Å². The number of carbonyl (C=O) groups excluding carboxylic acids is 2. The van der Waals surface area contributed by atoms with Gasteiger partial charge in [0, 0.05) is 5.69 Å². The minimum absolute atomic E-state index is 0.0346. The SMILES string of the molecule is COc1cc(CC(=O)Nc2cccc([C@H]3CC[C@@H](OC(=O)Cc4ccccc4)CC3)c2)ccc1O. The molecule has 3 aromatic rings. The predicted molar refractivity (Wildman–Crippen MR) is 135 cm³/mol. The first-order chi connectivity index (χ1) is 17.0. The Morgan fingerprint density at radius 1 is 0.886 bits per heavy atom. The van der Waals surface area contributed by atoms with Crippen LogP contribution in [0, 0.1) is 0 Å². The lowest BCUT2D eigenvalue weighted by atomic mass is 9.82. The maximum absolute atomic E-state index is 12.6. The van der Waals surface area contributed by atoms with Gasteiger partial charge in [-0.2, -0.15) is 0 Å². The molecule has 35 heavy (non-hydrogen) atoms. The molecule has 0 spiro atoms. The quantitative estimate of drug-likeness (QED) is 0.428. The molecule has 0 radical (unpaired) electrons. The summed E-state index contributed by atoms with van der Waals surface area (Å²) in [5.41, 5.74) is 3.67. The Morgan fingerprint density at radius 2 is 1.66 bits per heavy atom. The Hall–Kier alpha value is -3.80. The van der Waals surface area contributed by atoms with Gasteiger partial charge in [-0.25, -0.2) is 0 Å². The molecule has 6 heteroatoms. The highest BCUT2D eigenvalue weighted by Crippen LogP contribution is 2.35. The van der Waals surface area contributed by atoms with E-state index in [0.29, 0.717) is 18.1 Å². The number of phenols is 1. The second kappa shape index (κ2) is 11.6. The molecule has 1 fully saturated rings. The summed E-state index contributed by atoms with van der Waals surface area (Å²) in [6, 6.07) is 22.5. The van der Waals surface area contributed by atoms with Gasteiger partial charge >= 0.3 is 5.97 Å². The van der Waals surface area contributed by atoms with E-state index in [0.717, 1.165) is 42.5 Å². The smallest absolute Gasteiger partial charge is 0.310 e. The van der Waals surface area contributed by atoms with E-state index >= 15 is 0 Å². The fraction of sp³-hybridized carbons (Fsp3) is 0.310. The molecular weight excluding hydrogens is 442 g/mol. The van der Waals surface area contributed by atoms with Gasteiger partial charge in [0.25, 0.3) is 0 Å². The minimum atomic E-state index is -0.171. The van der Waals surface area contributed by atoms with Crippen molar-refractivity contribution in [3.63, 3.8) is 0 Å². The summed E-state index contributed by atoms with van der Waals surface area (Å²) in [4.78, 5) is 24.8. The van der Waals surface area contributed by atoms with Crippen LogP contribution in [0.25, 0.3) is 0 Å². The highest BCUT2D eigenvalue weighted by atomic mass is 16.5. The van der Waals surface area contributed by atoms with Crippen LogP contribution in [0.3, 0.4) is 0 Å². The number of nitrogens with one attached hydrogen (secondary N) is 1. The summed E-state index contributed by atoms with van der Waals surface area (Å²) in [5.74, 6) is 0.459. The molecule has 0 aromatic heterocycles. The highest BCUT2D eigenvalue weighted by molar-refractivity contribution is 5.92. The number of hydrogen-bond donors (Lipinski definition) is 2. The van der Waals surface area contributed by atoms with Crippen molar-refractivity contribution in [1.82, 2.24) is 0 Å². The van der Waals surface area contributed by atoms with Gasteiger partial charge in [0.15, 0.2) is 11.5 Å². The van der Waals surface area contributed by atoms with Crippen LogP contribution in [0.4, 0.5) is 5.69 Å². The molecule has 0 atom stereocenters. The fourth-order valence-corrected chi connectivity index (χ4v) is 4.60. The third-order valence-electron chi connectivity index (χ3n) is 6.41. The van der Waals surface area contributed by atoms with Crippen molar-refractivity contribution in [2.45, 2.75) is 50.5 Å². The molecule has 1 amide bonds. The molecule has 1 saturated carbocycles. The van der Waals surface area contributed by atoms with Gasteiger partial charge in [-0.1, -0.05) is 48.5 Å². The molecule has 1 aliphatic rings. The number of anilines is 1. The second-order valence-electron chi connectivity index (χ2n) is 8.98. The lowest BCUT2D eigenvalue weighted by molar-refractivity contribution is -0.149. The van der Waals surface area contributed by atoms with E-state index in [-0.39, 0.29) is 30.2 Å². The van der Waals surface area contributed by atoms with Crippen LogP contribution in [0.15, 0.2) is 72.8 Å². The molecule has 0 saturated heterocycles. The third kappa shape index (κ3) is 6.85. The van der Waals surface area contributed by atoms with Crippen molar-refractivity contribution in [1.29, 1.82) is 0 Å². The molecule has 0 heterocycles. The van der Waals surface area contributed by atoms with Crippen LogP contribution in [-0.2, 0) is 27.2 Å². The first-order valence-electron chi connectivity index (χ1n) is 12.0. The molecule has 182 valence electrons. The summed E-state index contributed by atoms with van der Waals surface area (Å²) < 4.78 is 10.8. The zero-order chi connectivity index (χ0) is 24.6. The Morgan fingerprint density at radius 3 is 2.40 bits per heavy atom. The lowest BCUT2D eigenvalue weighted by Crippen LogP contribution is -2.24. The number of methoxy groups -OCH3 is 1. The van der Waals surface area contributed by atoms with E-state index in [1.807, 2.05) is 48.5 Å². The minimum Gasteiger partial charge on any atom is -0.504 e. The zero-order valence-electron chi connectivity index (χ0n) is 19.9. The van der Waals surface area contributed by atoms with Crippen molar-refractivity contribution in [3.05, 3.63) is 89.5 Å². The van der Waals surface area contributed by atoms with E-state index < -0.39 is 0 Å². The Balaban J connectivity index is 1.27. The molecule has 0 unspecified atom stereocenters. The van der Waals surface area contributed by atoms with Gasteiger partial charge in [-0.05, 0) is 72.6 Å². The van der Waals surface area contributed by atoms with Gasteiger partial charge in [0.05, 0.1) is 20.0 Å². The summed E-state index contributed by atoms with van der Waals surface area (Å²) in [6.45, 7) is 0. The van der Waals surface area contributed by atoms with Gasteiger partial charge in [0.1, 0.15) is 6.10 Å². The van der Waals surface area contributed by atoms with Crippen molar-refractivity contribution in [2.24, 2.45) is 0 Å². The van der Waals surface area contributed by atoms with Crippen LogP contribution < -0.4 is 10.1 Å². The molecule has 0 bridgehead atoms. The Labute approximate surface area is 205 Å². The molecular formula is C29H31NO5. The first kappa shape index (κ1) is 24.3. The zero-order valence-corrected chi connectivity index (χ0v) is 19.9. The van der Waals surface area contributed by atoms with Gasteiger partial charge in [-0.15, -0.1) is 0 Å². The number of rotatable bonds is 8. The van der Waals surface area contributed by atoms with Crippen molar-refractivity contribution >= 4 is 17.6 Å². The summed E-state index contributed by atoms with van der Waals surface area (Å²) in [7, 11) is 1.48. The fourth-order valence-electron chi connectivity index (χ4n) is 4.60. The van der Waals surface area contributed by atoms with E-state index in [9.17, 15) is 14.7 Å². The maximum atomic E-state index is 12.6. The van der Waals surface area contributed by atoms with Crippen molar-refractivity contribution in [3.8, 4) is 11.5 Å². The average Bonchev–Trinajstić information content (AvgIpc) is 2.86. The van der Waals surface area contributed by atoms with Gasteiger partial charge in [0.2, 0.25) is 5.91 Å². The lowest BCUT2D eigenvalue weighted by Gasteiger charge is -2.29. The molecule has 6 nitrogen and oxygen atoms in total. The van der Waals surface area contributed by atoms with Crippen LogP contribution >= 0.6 is 0 Å². The molecule has 1 aliphatic carbocycles. The Bertz CT molecular complexity index is 1150. The maximum Gasteiger partial charge on any atom is 0.310 e. The Kier molecular flexibility index (Phi) is 8.03. The average molecular weight is 474 g/mol. The van der Waals surface area contributed by atoms with Crippen LogP contribution in [0.5, 0.6) is 11.5 Å². The largest absolute Gasteiger partial charge is 0.504 e. The van der Waals surface area contributed by atoms with Crippen molar-refractivity contribution in [2.75, 3.05) is 12.4 Å². The van der Waals surface area contributed by atoms with Crippen LogP contribution in [-0.4, -0.2) is 30.2 Å². The molecule has 2 N–H and O–H groups in total. The number of hydrogen-bond acceptors (Lipinski definition) is 5. The van der Waals surface area contributed by atoms with Gasteiger partial charge in [-0.3, -0.25) is 9.59 Å². The van der Waals surface area contributed by atoms with Crippen LogP contribution in [0.1, 0.15) is 48.3 Å². The monoisotopic (exact) mass is 473 g/mol. The molecule has 0 aliphatic heterocycles. The highest BCUT2D eigenvalue weighted by Gasteiger charge is 2.25. The second-order valence-corrected chi connectivity index (χ2v) is 8.98. The number of esters is 1. The number of phenolic OH excluding ortho intramolecular Hbond substituents is 1. The molecule has 4 rings (SSSR count). The summed E-state index contributed by atoms with van der Waals surface area (Å²) >= 11 is 0. The van der Waals surface area contributed by atoms with Gasteiger partial charge < -0.3 is 19.9 Å². The number of benzene rings is 3. The summed E-state index contributed by atoms with van der Waals surface area (Å²) in [6.07, 6.45) is 4.00. The summed E-state index contributed by atoms with van der Waals surface area (Å²) in [5, 5.41) is 12.7. The third-order valence-corrected chi connectivity index (χ3v) is 6.41. The number of carbonyl (C=O) groups is 2. The van der Waals surface area contributed by atoms with Crippen molar-refractivity contribution < 1.29 is 24.2 Å². The topological polar surface area (TPSA) is 84.9 Å². The van der Waals surface area contributed by atoms with E-state index in [4.69, 9.17) is 9.47 Å². The normalized spacial score (nSPS) is 17.4. The first-order valence-corrected chi connectivity index (χ1v) is 12.0. The standard InChI is InChI=1S/C29H31NO5/c1-34-27-16-21(10-15-26(27)31)17-28(32)30-24-9-5-8-23(19-24)22-11-13-25(14-12-22)35-29(33)18-20-6-3-2-4-7-20/h2-10,15-16,19,22,25,31H,11-14,17-18H2,1H3,(H,30,32)/t22-,25+. The number of ether oxygens (including phenoxy) is 2. The number of amides is 1. The van der Waals surface area contributed by atoms with E-state index in [1.165, 1.54) is 18.7 Å². The predicted octanol–water partition coefficient (Wildman–Crippen LogP) is 5.39.